The van der Waals surface area contributed by atoms with E-state index in [1.165, 1.54) is 12.8 Å². The first-order valence-electron chi connectivity index (χ1n) is 7.83. The van der Waals surface area contributed by atoms with Gasteiger partial charge in [0.2, 0.25) is 11.8 Å². The van der Waals surface area contributed by atoms with Gasteiger partial charge >= 0.3 is 0 Å². The van der Waals surface area contributed by atoms with Gasteiger partial charge in [0.25, 0.3) is 0 Å². The fourth-order valence-electron chi connectivity index (χ4n) is 2.35. The molecule has 2 aromatic rings. The van der Waals surface area contributed by atoms with E-state index in [1.807, 2.05) is 24.3 Å². The maximum Gasteiger partial charge on any atom is 0.243 e. The molecular weight excluding hydrogens is 292 g/mol. The maximum absolute atomic E-state index is 12.0. The fourth-order valence-corrected chi connectivity index (χ4v) is 2.35. The van der Waals surface area contributed by atoms with Crippen LogP contribution < -0.4 is 16.0 Å². The number of hydrogen-bond donors (Lipinski definition) is 3. The topological polar surface area (TPSA) is 83.1 Å². The lowest BCUT2D eigenvalue weighted by atomic mass is 10.2. The lowest BCUT2D eigenvalue weighted by Gasteiger charge is -2.09. The van der Waals surface area contributed by atoms with Crippen molar-refractivity contribution in [2.24, 2.45) is 5.92 Å². The van der Waals surface area contributed by atoms with Gasteiger partial charge in [-0.25, -0.2) is 0 Å². The summed E-state index contributed by atoms with van der Waals surface area (Å²) in [4.78, 5) is 27.9. The van der Waals surface area contributed by atoms with Crippen LogP contribution in [0.2, 0.25) is 0 Å². The lowest BCUT2D eigenvalue weighted by Crippen LogP contribution is -2.39. The number of hydrogen-bond acceptors (Lipinski definition) is 4. The van der Waals surface area contributed by atoms with Crippen LogP contribution in [0.5, 0.6) is 0 Å². The van der Waals surface area contributed by atoms with Crippen LogP contribution >= 0.6 is 0 Å². The molecule has 0 atom stereocenters. The van der Waals surface area contributed by atoms with E-state index in [-0.39, 0.29) is 24.9 Å². The van der Waals surface area contributed by atoms with Gasteiger partial charge in [0.15, 0.2) is 0 Å². The summed E-state index contributed by atoms with van der Waals surface area (Å²) < 4.78 is 0. The Morgan fingerprint density at radius 1 is 1.09 bits per heavy atom. The summed E-state index contributed by atoms with van der Waals surface area (Å²) >= 11 is 0. The van der Waals surface area contributed by atoms with Crippen LogP contribution in [0.25, 0.3) is 10.9 Å². The number of amides is 2. The van der Waals surface area contributed by atoms with E-state index in [0.717, 1.165) is 23.4 Å². The second kappa shape index (κ2) is 7.19. The van der Waals surface area contributed by atoms with Crippen LogP contribution in [0.1, 0.15) is 12.8 Å². The van der Waals surface area contributed by atoms with Crippen molar-refractivity contribution in [2.45, 2.75) is 12.8 Å². The molecule has 1 aliphatic carbocycles. The van der Waals surface area contributed by atoms with Crippen LogP contribution in [-0.4, -0.2) is 36.4 Å². The summed E-state index contributed by atoms with van der Waals surface area (Å²) in [6, 6.07) is 9.38. The molecule has 1 aliphatic rings. The Labute approximate surface area is 134 Å². The molecule has 6 nitrogen and oxygen atoms in total. The molecule has 120 valence electrons. The number of anilines is 1. The molecule has 23 heavy (non-hydrogen) atoms. The van der Waals surface area contributed by atoms with Gasteiger partial charge in [-0.15, -0.1) is 0 Å². The summed E-state index contributed by atoms with van der Waals surface area (Å²) in [6.07, 6.45) is 4.18. The summed E-state index contributed by atoms with van der Waals surface area (Å²) in [7, 11) is 0. The number of carbonyl (C=O) groups is 2. The first-order valence-corrected chi connectivity index (χ1v) is 7.83. The third-order valence-corrected chi connectivity index (χ3v) is 3.77. The second-order valence-corrected chi connectivity index (χ2v) is 5.78. The normalized spacial score (nSPS) is 13.7. The molecule has 3 N–H and O–H groups in total. The third kappa shape index (κ3) is 4.50. The van der Waals surface area contributed by atoms with Gasteiger partial charge in [-0.1, -0.05) is 18.2 Å². The van der Waals surface area contributed by atoms with E-state index >= 15 is 0 Å². The molecule has 6 heteroatoms. The van der Waals surface area contributed by atoms with Crippen molar-refractivity contribution < 1.29 is 9.59 Å². The number of benzene rings is 1. The van der Waals surface area contributed by atoms with Crippen molar-refractivity contribution in [3.05, 3.63) is 36.5 Å². The quantitative estimate of drug-likeness (QED) is 0.719. The average Bonchev–Trinajstić information content (AvgIpc) is 3.38. The van der Waals surface area contributed by atoms with Gasteiger partial charge in [0.1, 0.15) is 0 Å². The minimum Gasteiger partial charge on any atom is -0.346 e. The molecule has 1 fully saturated rings. The highest BCUT2D eigenvalue weighted by Gasteiger charge is 2.20. The van der Waals surface area contributed by atoms with Gasteiger partial charge in [-0.2, -0.15) is 0 Å². The largest absolute Gasteiger partial charge is 0.346 e. The SMILES string of the molecule is O=C(CNCC1CC1)NCC(=O)Nc1cccc2cccnc12. The molecule has 2 amide bonds. The van der Waals surface area contributed by atoms with Crippen molar-refractivity contribution in [1.29, 1.82) is 0 Å². The monoisotopic (exact) mass is 312 g/mol. The first-order chi connectivity index (χ1) is 11.2. The second-order valence-electron chi connectivity index (χ2n) is 5.78. The summed E-state index contributed by atoms with van der Waals surface area (Å²) in [5, 5.41) is 9.45. The molecule has 0 bridgehead atoms. The molecule has 1 saturated carbocycles. The zero-order chi connectivity index (χ0) is 16.1. The van der Waals surface area contributed by atoms with Gasteiger partial charge < -0.3 is 16.0 Å². The van der Waals surface area contributed by atoms with Gasteiger partial charge in [0, 0.05) is 11.6 Å². The number of para-hydroxylation sites is 1. The smallest absolute Gasteiger partial charge is 0.243 e. The molecule has 1 heterocycles. The molecule has 1 aromatic heterocycles. The number of fused-ring (bicyclic) bond motifs is 1. The van der Waals surface area contributed by atoms with Crippen molar-refractivity contribution in [3.63, 3.8) is 0 Å². The third-order valence-electron chi connectivity index (χ3n) is 3.77. The van der Waals surface area contributed by atoms with E-state index in [2.05, 4.69) is 20.9 Å². The van der Waals surface area contributed by atoms with Crippen LogP contribution in [0.3, 0.4) is 0 Å². The molecule has 3 rings (SSSR count). The predicted molar refractivity (Wildman–Crippen MR) is 89.0 cm³/mol. The highest BCUT2D eigenvalue weighted by Crippen LogP contribution is 2.27. The Balaban J connectivity index is 1.47. The number of pyridine rings is 1. The Bertz CT molecular complexity index is 707. The van der Waals surface area contributed by atoms with E-state index in [4.69, 9.17) is 0 Å². The van der Waals surface area contributed by atoms with Gasteiger partial charge in [0.05, 0.1) is 24.3 Å². The van der Waals surface area contributed by atoms with E-state index in [0.29, 0.717) is 5.69 Å². The highest BCUT2D eigenvalue weighted by atomic mass is 16.2. The zero-order valence-corrected chi connectivity index (χ0v) is 12.8. The number of carbonyl (C=O) groups excluding carboxylic acids is 2. The predicted octanol–water partition coefficient (Wildman–Crippen LogP) is 1.29. The van der Waals surface area contributed by atoms with Gasteiger partial charge in [-0.3, -0.25) is 14.6 Å². The summed E-state index contributed by atoms with van der Waals surface area (Å²) in [6.45, 7) is 1.08. The first kappa shape index (κ1) is 15.4. The number of rotatable bonds is 7. The van der Waals surface area contributed by atoms with Crippen LogP contribution in [0.4, 0.5) is 5.69 Å². The lowest BCUT2D eigenvalue weighted by molar-refractivity contribution is -0.123. The van der Waals surface area contributed by atoms with Crippen LogP contribution in [0, 0.1) is 5.92 Å². The van der Waals surface area contributed by atoms with E-state index in [9.17, 15) is 9.59 Å². The molecular formula is C17H20N4O2. The van der Waals surface area contributed by atoms with Crippen molar-refractivity contribution >= 4 is 28.4 Å². The van der Waals surface area contributed by atoms with Crippen molar-refractivity contribution in [2.75, 3.05) is 25.0 Å². The van der Waals surface area contributed by atoms with Crippen molar-refractivity contribution in [3.8, 4) is 0 Å². The van der Waals surface area contributed by atoms with Crippen LogP contribution in [0.15, 0.2) is 36.5 Å². The highest BCUT2D eigenvalue weighted by molar-refractivity contribution is 6.01. The number of aromatic nitrogens is 1. The van der Waals surface area contributed by atoms with Crippen LogP contribution in [-0.2, 0) is 9.59 Å². The molecule has 0 aliphatic heterocycles. The molecule has 0 radical (unpaired) electrons. The van der Waals surface area contributed by atoms with E-state index < -0.39 is 0 Å². The Morgan fingerprint density at radius 3 is 2.74 bits per heavy atom. The molecule has 0 spiro atoms. The standard InChI is InChI=1S/C17H20N4O2/c22-15(10-18-9-12-6-7-12)20-11-16(23)21-14-5-1-3-13-4-2-8-19-17(13)14/h1-5,8,12,18H,6-7,9-11H2,(H,20,22)(H,21,23). The number of nitrogens with zero attached hydrogens (tertiary/aromatic N) is 1. The molecule has 0 unspecified atom stereocenters. The Kier molecular flexibility index (Phi) is 4.83. The zero-order valence-electron chi connectivity index (χ0n) is 12.8. The summed E-state index contributed by atoms with van der Waals surface area (Å²) in [5.41, 5.74) is 1.38. The molecule has 0 saturated heterocycles. The molecule has 1 aromatic carbocycles. The van der Waals surface area contributed by atoms with Crippen molar-refractivity contribution in [1.82, 2.24) is 15.6 Å². The Hall–Kier alpha value is -2.47. The summed E-state index contributed by atoms with van der Waals surface area (Å²) in [5.74, 6) is 0.292. The maximum atomic E-state index is 12.0. The fraction of sp³-hybridized carbons (Fsp3) is 0.353. The van der Waals surface area contributed by atoms with E-state index in [1.54, 1.807) is 12.3 Å². The Morgan fingerprint density at radius 2 is 1.91 bits per heavy atom. The average molecular weight is 312 g/mol. The number of nitrogens with one attached hydrogen (secondary N) is 3. The minimum atomic E-state index is -0.265. The van der Waals surface area contributed by atoms with Gasteiger partial charge in [-0.05, 0) is 37.4 Å². The minimum absolute atomic E-state index is 0.0484.